The standard InChI is InChI=1S/C26H25F2N5O2/c1-33-22(15-6-8-16(27)9-7-15)24(31-21-14-4-2-13(3-5-14)20(21)26(34)35)32-25(33)19-12-30-23-18(19)10-17(28)11-29-23/h6-14,20-21,31H,2-5H2,1H3,(H,29,30)(H,34,35)/t13-,14+,20-,21-/m0/s1. The lowest BCUT2D eigenvalue weighted by Gasteiger charge is -2.47. The van der Waals surface area contributed by atoms with Gasteiger partial charge in [-0.3, -0.25) is 4.79 Å². The van der Waals surface area contributed by atoms with E-state index in [1.54, 1.807) is 18.3 Å². The summed E-state index contributed by atoms with van der Waals surface area (Å²) in [5.41, 5.74) is 2.67. The van der Waals surface area contributed by atoms with Crippen molar-refractivity contribution in [2.75, 3.05) is 5.32 Å². The van der Waals surface area contributed by atoms with E-state index < -0.39 is 17.7 Å². The van der Waals surface area contributed by atoms with E-state index >= 15 is 0 Å². The minimum Gasteiger partial charge on any atom is -0.481 e. The van der Waals surface area contributed by atoms with Crippen LogP contribution in [0.2, 0.25) is 0 Å². The van der Waals surface area contributed by atoms with Crippen LogP contribution in [0.25, 0.3) is 33.7 Å². The summed E-state index contributed by atoms with van der Waals surface area (Å²) in [4.78, 5) is 24.3. The molecule has 7 rings (SSSR count). The van der Waals surface area contributed by atoms with Crippen molar-refractivity contribution in [3.8, 4) is 22.6 Å². The summed E-state index contributed by atoms with van der Waals surface area (Å²) in [6.45, 7) is 0. The van der Waals surface area contributed by atoms with E-state index in [9.17, 15) is 18.7 Å². The van der Waals surface area contributed by atoms with E-state index in [1.165, 1.54) is 18.2 Å². The highest BCUT2D eigenvalue weighted by Gasteiger charge is 2.47. The van der Waals surface area contributed by atoms with Gasteiger partial charge in [-0.15, -0.1) is 0 Å². The summed E-state index contributed by atoms with van der Waals surface area (Å²) < 4.78 is 29.6. The first-order chi connectivity index (χ1) is 16.9. The third-order valence-electron chi connectivity index (χ3n) is 7.76. The lowest BCUT2D eigenvalue weighted by Crippen LogP contribution is -2.51. The lowest BCUT2D eigenvalue weighted by molar-refractivity contribution is -0.148. The molecule has 3 fully saturated rings. The summed E-state index contributed by atoms with van der Waals surface area (Å²) in [5, 5.41) is 14.1. The highest BCUT2D eigenvalue weighted by molar-refractivity contribution is 5.93. The maximum Gasteiger partial charge on any atom is 0.308 e. The molecule has 7 nitrogen and oxygen atoms in total. The van der Waals surface area contributed by atoms with Crippen molar-refractivity contribution in [1.82, 2.24) is 19.5 Å². The number of benzene rings is 1. The molecule has 3 aliphatic carbocycles. The number of aliphatic carboxylic acids is 1. The van der Waals surface area contributed by atoms with Crippen molar-refractivity contribution >= 4 is 22.8 Å². The quantitative estimate of drug-likeness (QED) is 0.367. The topological polar surface area (TPSA) is 95.8 Å². The van der Waals surface area contributed by atoms with Crippen molar-refractivity contribution in [2.24, 2.45) is 24.8 Å². The first kappa shape index (κ1) is 21.8. The number of pyridine rings is 1. The van der Waals surface area contributed by atoms with Crippen LogP contribution in [0.4, 0.5) is 14.6 Å². The molecular weight excluding hydrogens is 452 g/mol. The molecule has 0 saturated heterocycles. The number of aromatic nitrogens is 4. The fourth-order valence-corrected chi connectivity index (χ4v) is 6.11. The summed E-state index contributed by atoms with van der Waals surface area (Å²) in [6.07, 6.45) is 6.75. The first-order valence-corrected chi connectivity index (χ1v) is 11.9. The second kappa shape index (κ2) is 8.18. The number of H-pyrrole nitrogens is 1. The van der Waals surface area contributed by atoms with Crippen LogP contribution >= 0.6 is 0 Å². The Balaban J connectivity index is 1.50. The van der Waals surface area contributed by atoms with E-state index in [4.69, 9.17) is 4.98 Å². The molecule has 0 amide bonds. The van der Waals surface area contributed by atoms with Crippen LogP contribution in [0.5, 0.6) is 0 Å². The van der Waals surface area contributed by atoms with Crippen molar-refractivity contribution in [1.29, 1.82) is 0 Å². The Kier molecular flexibility index (Phi) is 5.09. The molecule has 2 bridgehead atoms. The zero-order valence-electron chi connectivity index (χ0n) is 19.1. The number of hydrogen-bond acceptors (Lipinski definition) is 4. The van der Waals surface area contributed by atoms with Gasteiger partial charge in [0.05, 0.1) is 17.8 Å². The Bertz CT molecular complexity index is 1420. The number of rotatable bonds is 5. The van der Waals surface area contributed by atoms with Crippen molar-refractivity contribution < 1.29 is 18.7 Å². The maximum atomic E-state index is 14.0. The second-order valence-corrected chi connectivity index (χ2v) is 9.66. The Morgan fingerprint density at radius 2 is 1.83 bits per heavy atom. The van der Waals surface area contributed by atoms with Gasteiger partial charge >= 0.3 is 5.97 Å². The van der Waals surface area contributed by atoms with Crippen LogP contribution < -0.4 is 5.32 Å². The number of carboxylic acid groups (broad SMARTS) is 1. The number of carbonyl (C=O) groups is 1. The van der Waals surface area contributed by atoms with Crippen molar-refractivity contribution in [3.05, 3.63) is 54.4 Å². The predicted octanol–water partition coefficient (Wildman–Crippen LogP) is 5.21. The van der Waals surface area contributed by atoms with Crippen LogP contribution in [0, 0.1) is 29.4 Å². The molecule has 35 heavy (non-hydrogen) atoms. The van der Waals surface area contributed by atoms with Gasteiger partial charge in [0.25, 0.3) is 0 Å². The number of hydrogen-bond donors (Lipinski definition) is 3. The molecule has 2 atom stereocenters. The number of nitrogens with one attached hydrogen (secondary N) is 2. The number of imidazole rings is 1. The maximum absolute atomic E-state index is 14.0. The number of carboxylic acids is 1. The van der Waals surface area contributed by atoms with Gasteiger partial charge in [0.2, 0.25) is 0 Å². The minimum absolute atomic E-state index is 0.148. The predicted molar refractivity (Wildman–Crippen MR) is 128 cm³/mol. The fourth-order valence-electron chi connectivity index (χ4n) is 6.11. The average molecular weight is 478 g/mol. The molecule has 3 aromatic heterocycles. The number of fused-ring (bicyclic) bond motifs is 4. The van der Waals surface area contributed by atoms with Crippen LogP contribution in [0.1, 0.15) is 25.7 Å². The molecule has 3 aliphatic rings. The summed E-state index contributed by atoms with van der Waals surface area (Å²) in [5.74, 6) is -0.564. The largest absolute Gasteiger partial charge is 0.481 e. The van der Waals surface area contributed by atoms with Gasteiger partial charge in [-0.1, -0.05) is 0 Å². The molecule has 0 radical (unpaired) electrons. The van der Waals surface area contributed by atoms with Crippen molar-refractivity contribution in [2.45, 2.75) is 31.7 Å². The van der Waals surface area contributed by atoms with Gasteiger partial charge in [0, 0.05) is 35.8 Å². The highest BCUT2D eigenvalue weighted by Crippen LogP contribution is 2.47. The van der Waals surface area contributed by atoms with E-state index in [1.807, 2.05) is 11.6 Å². The Morgan fingerprint density at radius 3 is 2.54 bits per heavy atom. The van der Waals surface area contributed by atoms with Gasteiger partial charge in [0.1, 0.15) is 23.1 Å². The lowest BCUT2D eigenvalue weighted by atomic mass is 9.61. The fraction of sp³-hybridized carbons (Fsp3) is 0.346. The molecule has 9 heteroatoms. The monoisotopic (exact) mass is 477 g/mol. The third kappa shape index (κ3) is 3.57. The number of anilines is 1. The van der Waals surface area contributed by atoms with E-state index in [2.05, 4.69) is 15.3 Å². The van der Waals surface area contributed by atoms with E-state index in [0.717, 1.165) is 37.4 Å². The molecule has 180 valence electrons. The summed E-state index contributed by atoms with van der Waals surface area (Å²) in [6, 6.07) is 7.30. The first-order valence-electron chi connectivity index (χ1n) is 11.9. The number of halogens is 2. The molecule has 0 spiro atoms. The Hall–Kier alpha value is -3.75. The van der Waals surface area contributed by atoms with Gasteiger partial charge in [0.15, 0.2) is 5.82 Å². The Morgan fingerprint density at radius 1 is 1.11 bits per heavy atom. The SMILES string of the molecule is Cn1c(-c2c[nH]c3ncc(F)cc23)nc(N[C@H]2[C@H]3CC[C@H](CC3)[C@@H]2C(=O)O)c1-c1ccc(F)cc1. The average Bonchev–Trinajstić information content (AvgIpc) is 3.40. The van der Waals surface area contributed by atoms with Gasteiger partial charge in [-0.25, -0.2) is 18.7 Å². The van der Waals surface area contributed by atoms with Crippen LogP contribution in [0.15, 0.2) is 42.7 Å². The Labute approximate surface area is 200 Å². The highest BCUT2D eigenvalue weighted by atomic mass is 19.1. The van der Waals surface area contributed by atoms with E-state index in [0.29, 0.717) is 33.9 Å². The molecule has 3 N–H and O–H groups in total. The van der Waals surface area contributed by atoms with Gasteiger partial charge in [-0.05, 0) is 67.9 Å². The zero-order chi connectivity index (χ0) is 24.3. The summed E-state index contributed by atoms with van der Waals surface area (Å²) >= 11 is 0. The van der Waals surface area contributed by atoms with Crippen molar-refractivity contribution in [3.63, 3.8) is 0 Å². The molecular formula is C26H25F2N5O2. The molecule has 3 heterocycles. The summed E-state index contributed by atoms with van der Waals surface area (Å²) in [7, 11) is 1.85. The number of aromatic amines is 1. The molecule has 3 saturated carbocycles. The number of nitrogens with zero attached hydrogens (tertiary/aromatic N) is 3. The molecule has 4 aromatic rings. The molecule has 0 aliphatic heterocycles. The van der Waals surface area contributed by atoms with Crippen LogP contribution in [-0.4, -0.2) is 36.6 Å². The van der Waals surface area contributed by atoms with Crippen LogP contribution in [-0.2, 0) is 11.8 Å². The van der Waals surface area contributed by atoms with Crippen LogP contribution in [0.3, 0.4) is 0 Å². The zero-order valence-corrected chi connectivity index (χ0v) is 19.1. The minimum atomic E-state index is -0.783. The molecule has 0 unspecified atom stereocenters. The smallest absolute Gasteiger partial charge is 0.308 e. The van der Waals surface area contributed by atoms with E-state index in [-0.39, 0.29) is 23.7 Å². The van der Waals surface area contributed by atoms with Gasteiger partial charge < -0.3 is 20.0 Å². The van der Waals surface area contributed by atoms with Gasteiger partial charge in [-0.2, -0.15) is 0 Å². The normalized spacial score (nSPS) is 23.6. The third-order valence-corrected chi connectivity index (χ3v) is 7.76. The molecule has 1 aromatic carbocycles. The second-order valence-electron chi connectivity index (χ2n) is 9.66.